The van der Waals surface area contributed by atoms with Crippen LogP contribution in [0.15, 0.2) is 47.4 Å². The number of Topliss-reactive ketones (excluding diaryl/α,β-unsaturated/α-hetero) is 1. The minimum absolute atomic E-state index is 0.0667. The summed E-state index contributed by atoms with van der Waals surface area (Å²) in [5.74, 6) is 0.463. The minimum Gasteiger partial charge on any atom is -0.456 e. The molecule has 5 nitrogen and oxygen atoms in total. The molecule has 1 unspecified atom stereocenters. The summed E-state index contributed by atoms with van der Waals surface area (Å²) in [6.45, 7) is 0. The van der Waals surface area contributed by atoms with Crippen molar-refractivity contribution in [3.8, 4) is 11.5 Å². The molecule has 3 rings (SSSR count). The molecule has 0 bridgehead atoms. The predicted molar refractivity (Wildman–Crippen MR) is 82.1 cm³/mol. The third-order valence-electron chi connectivity index (χ3n) is 3.58. The fourth-order valence-electron chi connectivity index (χ4n) is 2.51. The fourth-order valence-corrected chi connectivity index (χ4v) is 3.34. The van der Waals surface area contributed by atoms with Crippen molar-refractivity contribution in [1.29, 1.82) is 0 Å². The van der Waals surface area contributed by atoms with Crippen LogP contribution in [0.2, 0.25) is 0 Å². The molecule has 2 aromatic rings. The van der Waals surface area contributed by atoms with E-state index in [1.54, 1.807) is 24.3 Å². The standard InChI is InChI=1S/C16H15NO4S/c1-22(19,20)15-8-10-7-13(17)16(18)12(10)9-14(15)21-11-5-3-2-4-6-11/h2-6,8-9,13H,7,17H2,1H3. The zero-order valence-electron chi connectivity index (χ0n) is 11.9. The number of sulfone groups is 1. The molecule has 1 atom stereocenters. The molecule has 2 aromatic carbocycles. The van der Waals surface area contributed by atoms with Gasteiger partial charge in [-0.2, -0.15) is 0 Å². The molecule has 0 heterocycles. The van der Waals surface area contributed by atoms with Gasteiger partial charge in [0.2, 0.25) is 0 Å². The average molecular weight is 317 g/mol. The van der Waals surface area contributed by atoms with E-state index in [-0.39, 0.29) is 16.4 Å². The highest BCUT2D eigenvalue weighted by Crippen LogP contribution is 2.35. The van der Waals surface area contributed by atoms with Crippen molar-refractivity contribution in [2.24, 2.45) is 5.73 Å². The van der Waals surface area contributed by atoms with E-state index in [0.29, 0.717) is 23.3 Å². The van der Waals surface area contributed by atoms with Crippen LogP contribution < -0.4 is 10.5 Å². The largest absolute Gasteiger partial charge is 0.456 e. The van der Waals surface area contributed by atoms with Gasteiger partial charge in [0.15, 0.2) is 15.6 Å². The fraction of sp³-hybridized carbons (Fsp3) is 0.188. The number of ether oxygens (including phenoxy) is 1. The predicted octanol–water partition coefficient (Wildman–Crippen LogP) is 1.95. The Morgan fingerprint density at radius 1 is 1.18 bits per heavy atom. The van der Waals surface area contributed by atoms with E-state index in [1.165, 1.54) is 12.1 Å². The van der Waals surface area contributed by atoms with E-state index >= 15 is 0 Å². The molecule has 0 fully saturated rings. The third kappa shape index (κ3) is 2.63. The average Bonchev–Trinajstić information content (AvgIpc) is 2.74. The number of hydrogen-bond donors (Lipinski definition) is 1. The summed E-state index contributed by atoms with van der Waals surface area (Å²) in [7, 11) is -3.49. The van der Waals surface area contributed by atoms with E-state index in [9.17, 15) is 13.2 Å². The van der Waals surface area contributed by atoms with Crippen LogP contribution >= 0.6 is 0 Å². The molecule has 1 aliphatic carbocycles. The number of carbonyl (C=O) groups is 1. The van der Waals surface area contributed by atoms with Gasteiger partial charge in [0.05, 0.1) is 6.04 Å². The lowest BCUT2D eigenvalue weighted by Crippen LogP contribution is -2.26. The Kier molecular flexibility index (Phi) is 3.50. The molecule has 0 spiro atoms. The highest BCUT2D eigenvalue weighted by atomic mass is 32.2. The lowest BCUT2D eigenvalue weighted by atomic mass is 10.1. The number of fused-ring (bicyclic) bond motifs is 1. The Morgan fingerprint density at radius 2 is 1.86 bits per heavy atom. The molecule has 6 heteroatoms. The summed E-state index contributed by atoms with van der Waals surface area (Å²) < 4.78 is 29.7. The maximum atomic E-state index is 12.0. The van der Waals surface area contributed by atoms with Crippen molar-refractivity contribution in [1.82, 2.24) is 0 Å². The molecule has 114 valence electrons. The van der Waals surface area contributed by atoms with Gasteiger partial charge < -0.3 is 10.5 Å². The van der Waals surface area contributed by atoms with Crippen LogP contribution in [0.4, 0.5) is 0 Å². The molecule has 0 aliphatic heterocycles. The number of rotatable bonds is 3. The number of ketones is 1. The van der Waals surface area contributed by atoms with Gasteiger partial charge in [-0.1, -0.05) is 18.2 Å². The Balaban J connectivity index is 2.14. The monoisotopic (exact) mass is 317 g/mol. The zero-order valence-corrected chi connectivity index (χ0v) is 12.8. The quantitative estimate of drug-likeness (QED) is 0.935. The van der Waals surface area contributed by atoms with Gasteiger partial charge in [-0.15, -0.1) is 0 Å². The van der Waals surface area contributed by atoms with E-state index in [4.69, 9.17) is 10.5 Å². The van der Waals surface area contributed by atoms with Crippen LogP contribution in [-0.4, -0.2) is 26.5 Å². The maximum Gasteiger partial charge on any atom is 0.180 e. The van der Waals surface area contributed by atoms with Crippen molar-refractivity contribution in [3.63, 3.8) is 0 Å². The van der Waals surface area contributed by atoms with Crippen LogP contribution in [0.5, 0.6) is 11.5 Å². The first-order chi connectivity index (χ1) is 10.4. The summed E-state index contributed by atoms with van der Waals surface area (Å²) in [4.78, 5) is 12.1. The van der Waals surface area contributed by atoms with E-state index in [0.717, 1.165) is 6.26 Å². The molecule has 0 saturated heterocycles. The second kappa shape index (κ2) is 5.23. The first-order valence-corrected chi connectivity index (χ1v) is 8.65. The second-order valence-electron chi connectivity index (χ2n) is 5.32. The molecule has 22 heavy (non-hydrogen) atoms. The Labute approximate surface area is 128 Å². The van der Waals surface area contributed by atoms with Gasteiger partial charge in [0.1, 0.15) is 16.4 Å². The molecular weight excluding hydrogens is 302 g/mol. The number of carbonyl (C=O) groups excluding carboxylic acids is 1. The smallest absolute Gasteiger partial charge is 0.180 e. The van der Waals surface area contributed by atoms with Crippen LogP contribution in [0, 0.1) is 0 Å². The topological polar surface area (TPSA) is 86.5 Å². The van der Waals surface area contributed by atoms with Crippen LogP contribution in [0.25, 0.3) is 0 Å². The second-order valence-corrected chi connectivity index (χ2v) is 7.30. The normalized spacial score (nSPS) is 17.4. The number of nitrogens with two attached hydrogens (primary N) is 1. The van der Waals surface area contributed by atoms with E-state index < -0.39 is 15.9 Å². The number of para-hydroxylation sites is 1. The number of hydrogen-bond acceptors (Lipinski definition) is 5. The van der Waals surface area contributed by atoms with Crippen LogP contribution in [-0.2, 0) is 16.3 Å². The lowest BCUT2D eigenvalue weighted by Gasteiger charge is -2.12. The van der Waals surface area contributed by atoms with Gasteiger partial charge in [-0.25, -0.2) is 8.42 Å². The highest BCUT2D eigenvalue weighted by molar-refractivity contribution is 7.90. The first-order valence-electron chi connectivity index (χ1n) is 6.76. The van der Waals surface area contributed by atoms with Crippen molar-refractivity contribution in [3.05, 3.63) is 53.6 Å². The van der Waals surface area contributed by atoms with Gasteiger partial charge in [-0.05, 0) is 36.2 Å². The van der Waals surface area contributed by atoms with Gasteiger partial charge in [0, 0.05) is 11.8 Å². The van der Waals surface area contributed by atoms with Gasteiger partial charge in [-0.3, -0.25) is 4.79 Å². The summed E-state index contributed by atoms with van der Waals surface area (Å²) >= 11 is 0. The zero-order chi connectivity index (χ0) is 15.9. The molecular formula is C16H15NO4S. The molecule has 0 saturated carbocycles. The summed E-state index contributed by atoms with van der Waals surface area (Å²) in [5.41, 5.74) is 6.84. The first kappa shape index (κ1) is 14.7. The van der Waals surface area contributed by atoms with E-state index in [2.05, 4.69) is 0 Å². The molecule has 0 aromatic heterocycles. The minimum atomic E-state index is -3.49. The molecule has 2 N–H and O–H groups in total. The van der Waals surface area contributed by atoms with Gasteiger partial charge in [0.25, 0.3) is 0 Å². The van der Waals surface area contributed by atoms with E-state index in [1.807, 2.05) is 6.07 Å². The summed E-state index contributed by atoms with van der Waals surface area (Å²) in [6.07, 6.45) is 1.46. The van der Waals surface area contributed by atoms with Crippen molar-refractivity contribution < 1.29 is 17.9 Å². The SMILES string of the molecule is CS(=O)(=O)c1cc2c(cc1Oc1ccccc1)C(=O)C(N)C2. The van der Waals surface area contributed by atoms with Crippen LogP contribution in [0.1, 0.15) is 15.9 Å². The Hall–Kier alpha value is -2.18. The molecule has 0 radical (unpaired) electrons. The van der Waals surface area contributed by atoms with Gasteiger partial charge >= 0.3 is 0 Å². The van der Waals surface area contributed by atoms with Crippen molar-refractivity contribution in [2.45, 2.75) is 17.4 Å². The Bertz CT molecular complexity index is 844. The molecule has 0 amide bonds. The lowest BCUT2D eigenvalue weighted by molar-refractivity contribution is 0.0974. The van der Waals surface area contributed by atoms with Crippen LogP contribution in [0.3, 0.4) is 0 Å². The highest BCUT2D eigenvalue weighted by Gasteiger charge is 2.31. The number of benzene rings is 2. The summed E-state index contributed by atoms with van der Waals surface area (Å²) in [6, 6.07) is 11.2. The van der Waals surface area contributed by atoms with Crippen molar-refractivity contribution >= 4 is 15.6 Å². The Morgan fingerprint density at radius 3 is 2.50 bits per heavy atom. The molecule has 1 aliphatic rings. The summed E-state index contributed by atoms with van der Waals surface area (Å²) in [5, 5.41) is 0. The maximum absolute atomic E-state index is 12.0. The third-order valence-corrected chi connectivity index (χ3v) is 4.70. The van der Waals surface area contributed by atoms with Crippen molar-refractivity contribution in [2.75, 3.05) is 6.26 Å².